The molecule has 0 N–H and O–H groups in total. The Kier molecular flexibility index (Phi) is 9.44. The van der Waals surface area contributed by atoms with E-state index in [2.05, 4.69) is 0 Å². The van der Waals surface area contributed by atoms with Gasteiger partial charge in [-0.25, -0.2) is 9.79 Å². The topological polar surface area (TPSA) is 99.4 Å². The monoisotopic (exact) mass is 637 g/mol. The van der Waals surface area contributed by atoms with Gasteiger partial charge in [0.1, 0.15) is 0 Å². The highest BCUT2D eigenvalue weighted by Gasteiger charge is 2.35. The van der Waals surface area contributed by atoms with E-state index >= 15 is 0 Å². The molecule has 6 rings (SSSR count). The summed E-state index contributed by atoms with van der Waals surface area (Å²) >= 11 is 1.25. The summed E-state index contributed by atoms with van der Waals surface area (Å²) in [6.07, 6.45) is 3.81. The van der Waals surface area contributed by atoms with Gasteiger partial charge in [-0.3, -0.25) is 14.2 Å². The van der Waals surface area contributed by atoms with Crippen LogP contribution in [0.5, 0.6) is 11.5 Å². The third-order valence-corrected chi connectivity index (χ3v) is 8.85. The minimum Gasteiger partial charge on any atom is -0.490 e. The maximum atomic E-state index is 14.2. The molecule has 46 heavy (non-hydrogen) atoms. The van der Waals surface area contributed by atoms with Crippen LogP contribution in [0.4, 0.5) is 0 Å². The molecule has 236 valence electrons. The zero-order chi connectivity index (χ0) is 32.0. The molecule has 3 heterocycles. The molecule has 3 aromatic carbocycles. The van der Waals surface area contributed by atoms with Crippen LogP contribution in [0.1, 0.15) is 49.4 Å². The molecule has 0 spiro atoms. The van der Waals surface area contributed by atoms with Gasteiger partial charge in [0.05, 0.1) is 35.1 Å². The van der Waals surface area contributed by atoms with E-state index in [9.17, 15) is 14.4 Å². The van der Waals surface area contributed by atoms with Crippen LogP contribution in [0, 0.1) is 0 Å². The average molecular weight is 638 g/mol. The van der Waals surface area contributed by atoms with Gasteiger partial charge in [0, 0.05) is 18.7 Å². The van der Waals surface area contributed by atoms with E-state index in [0.717, 1.165) is 42.6 Å². The third kappa shape index (κ3) is 6.39. The number of amides is 1. The van der Waals surface area contributed by atoms with Crippen molar-refractivity contribution in [2.45, 2.75) is 32.7 Å². The summed E-state index contributed by atoms with van der Waals surface area (Å²) in [4.78, 5) is 47.5. The second kappa shape index (κ2) is 14.0. The van der Waals surface area contributed by atoms with Crippen molar-refractivity contribution in [3.63, 3.8) is 0 Å². The lowest BCUT2D eigenvalue weighted by molar-refractivity contribution is -0.139. The summed E-state index contributed by atoms with van der Waals surface area (Å²) in [5.41, 5.74) is 2.75. The minimum atomic E-state index is -0.739. The van der Waals surface area contributed by atoms with Crippen molar-refractivity contribution in [2.24, 2.45) is 4.99 Å². The fourth-order valence-electron chi connectivity index (χ4n) is 5.74. The molecule has 0 unspecified atom stereocenters. The molecule has 0 radical (unpaired) electrons. The Hall–Kier alpha value is -4.96. The van der Waals surface area contributed by atoms with Crippen LogP contribution in [0.25, 0.3) is 11.8 Å². The molecule has 1 atom stereocenters. The first-order valence-electron chi connectivity index (χ1n) is 15.5. The Labute approximate surface area is 270 Å². The quantitative estimate of drug-likeness (QED) is 0.240. The van der Waals surface area contributed by atoms with Gasteiger partial charge in [0.2, 0.25) is 0 Å². The molecule has 0 aliphatic carbocycles. The first kappa shape index (κ1) is 31.0. The van der Waals surface area contributed by atoms with Crippen LogP contribution in [-0.4, -0.2) is 54.3 Å². The molecule has 1 fully saturated rings. The van der Waals surface area contributed by atoms with E-state index in [1.807, 2.05) is 78.6 Å². The molecule has 1 amide bonds. The lowest BCUT2D eigenvalue weighted by atomic mass is 9.93. The number of hydrogen-bond donors (Lipinski definition) is 0. The largest absolute Gasteiger partial charge is 0.490 e. The Balaban J connectivity index is 1.44. The fraction of sp³-hybridized carbons (Fsp3) is 0.278. The molecule has 1 aromatic heterocycles. The second-order valence-corrected chi connectivity index (χ2v) is 11.9. The zero-order valence-electron chi connectivity index (χ0n) is 25.8. The number of esters is 1. The summed E-state index contributed by atoms with van der Waals surface area (Å²) in [7, 11) is 0. The number of thiazole rings is 1. The van der Waals surface area contributed by atoms with Crippen LogP contribution >= 0.6 is 11.3 Å². The van der Waals surface area contributed by atoms with Crippen LogP contribution in [0.2, 0.25) is 0 Å². The molecule has 2 aliphatic rings. The second-order valence-electron chi connectivity index (χ2n) is 10.9. The van der Waals surface area contributed by atoms with Gasteiger partial charge in [0.25, 0.3) is 11.5 Å². The summed E-state index contributed by atoms with van der Waals surface area (Å²) in [5.74, 6) is 0.378. The van der Waals surface area contributed by atoms with E-state index in [1.54, 1.807) is 29.7 Å². The van der Waals surface area contributed by atoms with Crippen molar-refractivity contribution < 1.29 is 23.8 Å². The van der Waals surface area contributed by atoms with Crippen molar-refractivity contribution in [2.75, 3.05) is 32.9 Å². The van der Waals surface area contributed by atoms with Crippen LogP contribution in [0.15, 0.2) is 94.2 Å². The highest BCUT2D eigenvalue weighted by atomic mass is 32.1. The SMILES string of the molecule is CCOC(=O)C1=C(c2ccccc2)N=c2s/c(=C/c3ccc(OCC(=O)N4CCCC4)c(OCC)c3)c(=O)n2[C@@H]1c1ccccc1. The predicted molar refractivity (Wildman–Crippen MR) is 176 cm³/mol. The van der Waals surface area contributed by atoms with E-state index in [4.69, 9.17) is 19.2 Å². The van der Waals surface area contributed by atoms with Crippen LogP contribution in [0.3, 0.4) is 0 Å². The number of carbonyl (C=O) groups excluding carboxylic acids is 2. The molecule has 4 aromatic rings. The lowest BCUT2D eigenvalue weighted by Crippen LogP contribution is -2.39. The number of ether oxygens (including phenoxy) is 3. The molecular weight excluding hydrogens is 602 g/mol. The van der Waals surface area contributed by atoms with Gasteiger partial charge in [-0.05, 0) is 56.0 Å². The van der Waals surface area contributed by atoms with Crippen LogP contribution in [-0.2, 0) is 14.3 Å². The molecular formula is C36H35N3O6S. The fourth-order valence-corrected chi connectivity index (χ4v) is 6.74. The van der Waals surface area contributed by atoms with Crippen molar-refractivity contribution in [1.82, 2.24) is 9.47 Å². The summed E-state index contributed by atoms with van der Waals surface area (Å²) in [6, 6.07) is 23.6. The van der Waals surface area contributed by atoms with Gasteiger partial charge in [-0.15, -0.1) is 0 Å². The highest BCUT2D eigenvalue weighted by Crippen LogP contribution is 2.35. The van der Waals surface area contributed by atoms with Gasteiger partial charge < -0.3 is 19.1 Å². The van der Waals surface area contributed by atoms with Crippen molar-refractivity contribution >= 4 is 35.0 Å². The van der Waals surface area contributed by atoms with E-state index in [0.29, 0.717) is 38.7 Å². The summed E-state index contributed by atoms with van der Waals surface area (Å²) in [5, 5.41) is 0. The minimum absolute atomic E-state index is 0.0461. The number of carbonyl (C=O) groups is 2. The Morgan fingerprint density at radius 2 is 1.63 bits per heavy atom. The molecule has 2 aliphatic heterocycles. The standard InChI is InChI=1S/C36H35N3O6S/c1-3-43-28-21-24(17-18-27(28)45-23-30(40)38-19-11-12-20-38)22-29-34(41)39-33(26-15-9-6-10-16-26)31(35(42)44-4-2)32(37-36(39)46-29)25-13-7-5-8-14-25/h5-10,13-18,21-22,33H,3-4,11-12,19-20,23H2,1-2H3/b29-22+/t33-/m1/s1. The zero-order valence-corrected chi connectivity index (χ0v) is 26.6. The number of aromatic nitrogens is 1. The first-order valence-corrected chi connectivity index (χ1v) is 16.3. The molecule has 10 heteroatoms. The van der Waals surface area contributed by atoms with Gasteiger partial charge >= 0.3 is 5.97 Å². The predicted octanol–water partition coefficient (Wildman–Crippen LogP) is 4.34. The first-order chi connectivity index (χ1) is 22.5. The highest BCUT2D eigenvalue weighted by molar-refractivity contribution is 7.07. The third-order valence-electron chi connectivity index (χ3n) is 7.86. The smallest absolute Gasteiger partial charge is 0.338 e. The molecule has 1 saturated heterocycles. The number of hydrogen-bond acceptors (Lipinski definition) is 8. The maximum Gasteiger partial charge on any atom is 0.338 e. The number of likely N-dealkylation sites (tertiary alicyclic amines) is 1. The van der Waals surface area contributed by atoms with Gasteiger partial charge in [-0.1, -0.05) is 78.1 Å². The van der Waals surface area contributed by atoms with Crippen molar-refractivity contribution in [3.8, 4) is 11.5 Å². The molecule has 0 saturated carbocycles. The van der Waals surface area contributed by atoms with Crippen molar-refractivity contribution in [3.05, 3.63) is 121 Å². The van der Waals surface area contributed by atoms with Gasteiger partial charge in [0.15, 0.2) is 22.9 Å². The maximum absolute atomic E-state index is 14.2. The lowest BCUT2D eigenvalue weighted by Gasteiger charge is -2.25. The summed E-state index contributed by atoms with van der Waals surface area (Å²) < 4.78 is 19.3. The van der Waals surface area contributed by atoms with E-state index < -0.39 is 12.0 Å². The molecule has 9 nitrogen and oxygen atoms in total. The number of benzene rings is 3. The Bertz CT molecular complexity index is 1940. The number of fused-ring (bicyclic) bond motifs is 1. The Morgan fingerprint density at radius 1 is 0.913 bits per heavy atom. The van der Waals surface area contributed by atoms with E-state index in [-0.39, 0.29) is 24.7 Å². The van der Waals surface area contributed by atoms with Crippen molar-refractivity contribution in [1.29, 1.82) is 0 Å². The number of rotatable bonds is 10. The Morgan fingerprint density at radius 3 is 2.33 bits per heavy atom. The van der Waals surface area contributed by atoms with E-state index in [1.165, 1.54) is 11.3 Å². The number of nitrogens with zero attached hydrogens (tertiary/aromatic N) is 3. The van der Waals surface area contributed by atoms with Gasteiger partial charge in [-0.2, -0.15) is 0 Å². The average Bonchev–Trinajstić information content (AvgIpc) is 3.73. The summed E-state index contributed by atoms with van der Waals surface area (Å²) in [6.45, 7) is 5.67. The molecule has 0 bridgehead atoms. The van der Waals surface area contributed by atoms with Crippen LogP contribution < -0.4 is 24.4 Å². The normalized spacial score (nSPS) is 16.2.